The molecule has 0 nitrogen and oxygen atoms in total. The highest BCUT2D eigenvalue weighted by Gasteiger charge is 2.23. The van der Waals surface area contributed by atoms with Gasteiger partial charge in [0.25, 0.3) is 0 Å². The van der Waals surface area contributed by atoms with Crippen LogP contribution in [0.4, 0.5) is 0 Å². The summed E-state index contributed by atoms with van der Waals surface area (Å²) >= 11 is 2.19. The van der Waals surface area contributed by atoms with E-state index >= 15 is 0 Å². The third kappa shape index (κ3) is 3.84. The van der Waals surface area contributed by atoms with Gasteiger partial charge in [-0.25, -0.2) is 0 Å². The first-order valence-corrected chi connectivity index (χ1v) is 6.14. The topological polar surface area (TPSA) is 0 Å². The van der Waals surface area contributed by atoms with E-state index in [1.54, 1.807) is 0 Å². The second kappa shape index (κ2) is 4.04. The highest BCUT2D eigenvalue weighted by atomic mass is 32.2. The van der Waals surface area contributed by atoms with E-state index in [-0.39, 0.29) is 0 Å². The van der Waals surface area contributed by atoms with E-state index in [1.165, 1.54) is 25.0 Å². The van der Waals surface area contributed by atoms with Crippen LogP contribution in [-0.4, -0.2) is 11.0 Å². The molecule has 0 spiro atoms. The molecule has 72 valence electrons. The minimum absolute atomic E-state index is 0.510. The van der Waals surface area contributed by atoms with Gasteiger partial charge >= 0.3 is 0 Å². The zero-order chi connectivity index (χ0) is 9.19. The van der Waals surface area contributed by atoms with Gasteiger partial charge in [-0.1, -0.05) is 27.7 Å². The molecule has 1 saturated carbocycles. The second-order valence-electron chi connectivity index (χ2n) is 5.41. The third-order valence-corrected chi connectivity index (χ3v) is 4.33. The fourth-order valence-corrected chi connectivity index (χ4v) is 3.18. The molecule has 0 N–H and O–H groups in total. The van der Waals surface area contributed by atoms with Gasteiger partial charge in [-0.3, -0.25) is 0 Å². The van der Waals surface area contributed by atoms with Gasteiger partial charge in [0, 0.05) is 5.25 Å². The molecule has 1 fully saturated rings. The Labute approximate surface area is 81.5 Å². The molecule has 0 amide bonds. The van der Waals surface area contributed by atoms with Crippen LogP contribution in [0.15, 0.2) is 0 Å². The van der Waals surface area contributed by atoms with Gasteiger partial charge in [-0.2, -0.15) is 11.8 Å². The Morgan fingerprint density at radius 1 is 1.25 bits per heavy atom. The van der Waals surface area contributed by atoms with Gasteiger partial charge in [0.05, 0.1) is 0 Å². The Morgan fingerprint density at radius 2 is 1.92 bits per heavy atom. The standard InChI is InChI=1S/C11H22S/c1-9-5-6-10(7-9)12-8-11(2,3)4/h9-10H,5-8H2,1-4H3. The fraction of sp³-hybridized carbons (Fsp3) is 1.00. The smallest absolute Gasteiger partial charge is 0.00498 e. The molecule has 1 aliphatic carbocycles. The largest absolute Gasteiger partial charge is 0.158 e. The fourth-order valence-electron chi connectivity index (χ4n) is 1.67. The zero-order valence-electron chi connectivity index (χ0n) is 8.89. The van der Waals surface area contributed by atoms with Crippen LogP contribution in [0.2, 0.25) is 0 Å². The Bertz CT molecular complexity index is 134. The van der Waals surface area contributed by atoms with Gasteiger partial charge in [0.15, 0.2) is 0 Å². The molecule has 0 bridgehead atoms. The lowest BCUT2D eigenvalue weighted by Gasteiger charge is -2.20. The molecule has 2 atom stereocenters. The van der Waals surface area contributed by atoms with Crippen LogP contribution < -0.4 is 0 Å². The highest BCUT2D eigenvalue weighted by molar-refractivity contribution is 7.99. The Kier molecular flexibility index (Phi) is 3.51. The number of thioether (sulfide) groups is 1. The van der Waals surface area contributed by atoms with Crippen molar-refractivity contribution in [1.29, 1.82) is 0 Å². The average molecular weight is 186 g/mol. The lowest BCUT2D eigenvalue weighted by molar-refractivity contribution is 0.479. The quantitative estimate of drug-likeness (QED) is 0.629. The number of hydrogen-bond acceptors (Lipinski definition) is 1. The third-order valence-electron chi connectivity index (χ3n) is 2.40. The van der Waals surface area contributed by atoms with Crippen LogP contribution in [0.25, 0.3) is 0 Å². The Hall–Kier alpha value is 0.350. The summed E-state index contributed by atoms with van der Waals surface area (Å²) in [5.74, 6) is 2.31. The molecule has 2 unspecified atom stereocenters. The van der Waals surface area contributed by atoms with Crippen LogP contribution in [0.1, 0.15) is 47.0 Å². The van der Waals surface area contributed by atoms with E-state index in [4.69, 9.17) is 0 Å². The summed E-state index contributed by atoms with van der Waals surface area (Å²) in [5.41, 5.74) is 0.510. The molecule has 0 aromatic heterocycles. The molecule has 12 heavy (non-hydrogen) atoms. The summed E-state index contributed by atoms with van der Waals surface area (Å²) in [6, 6.07) is 0. The monoisotopic (exact) mass is 186 g/mol. The highest BCUT2D eigenvalue weighted by Crippen LogP contribution is 2.36. The first kappa shape index (κ1) is 10.4. The van der Waals surface area contributed by atoms with Gasteiger partial charge in [0.1, 0.15) is 0 Å². The predicted molar refractivity (Wildman–Crippen MR) is 58.7 cm³/mol. The van der Waals surface area contributed by atoms with E-state index in [1.807, 2.05) is 0 Å². The van der Waals surface area contributed by atoms with Crippen molar-refractivity contribution in [3.63, 3.8) is 0 Å². The van der Waals surface area contributed by atoms with E-state index in [0.29, 0.717) is 5.41 Å². The molecule has 1 rings (SSSR count). The Morgan fingerprint density at radius 3 is 2.33 bits per heavy atom. The minimum Gasteiger partial charge on any atom is -0.158 e. The summed E-state index contributed by atoms with van der Waals surface area (Å²) in [6.07, 6.45) is 4.38. The Balaban J connectivity index is 2.16. The predicted octanol–water partition coefficient (Wildman–Crippen LogP) is 3.95. The van der Waals surface area contributed by atoms with E-state index in [9.17, 15) is 0 Å². The minimum atomic E-state index is 0.510. The van der Waals surface area contributed by atoms with Crippen molar-refractivity contribution in [2.75, 3.05) is 5.75 Å². The van der Waals surface area contributed by atoms with Crippen LogP contribution >= 0.6 is 11.8 Å². The van der Waals surface area contributed by atoms with Gasteiger partial charge < -0.3 is 0 Å². The molecular weight excluding hydrogens is 164 g/mol. The van der Waals surface area contributed by atoms with Crippen molar-refractivity contribution >= 4 is 11.8 Å². The molecule has 0 aromatic rings. The maximum Gasteiger partial charge on any atom is 0.00498 e. The summed E-state index contributed by atoms with van der Waals surface area (Å²) < 4.78 is 0. The first-order valence-electron chi connectivity index (χ1n) is 5.09. The maximum atomic E-state index is 2.39. The molecule has 0 aromatic carbocycles. The van der Waals surface area contributed by atoms with E-state index in [0.717, 1.165) is 11.2 Å². The zero-order valence-corrected chi connectivity index (χ0v) is 9.71. The normalized spacial score (nSPS) is 31.0. The first-order chi connectivity index (χ1) is 5.47. The molecule has 0 radical (unpaired) electrons. The molecule has 0 saturated heterocycles. The van der Waals surface area contributed by atoms with Gasteiger partial charge in [-0.05, 0) is 36.3 Å². The second-order valence-corrected chi connectivity index (χ2v) is 6.70. The number of hydrogen-bond donors (Lipinski definition) is 0. The van der Waals surface area contributed by atoms with Crippen LogP contribution in [-0.2, 0) is 0 Å². The van der Waals surface area contributed by atoms with E-state index in [2.05, 4.69) is 39.5 Å². The molecular formula is C11H22S. The summed E-state index contributed by atoms with van der Waals surface area (Å²) in [4.78, 5) is 0. The average Bonchev–Trinajstić information content (AvgIpc) is 2.30. The molecule has 0 heterocycles. The van der Waals surface area contributed by atoms with Crippen LogP contribution in [0.3, 0.4) is 0 Å². The molecule has 0 aliphatic heterocycles. The van der Waals surface area contributed by atoms with Crippen molar-refractivity contribution in [2.45, 2.75) is 52.2 Å². The maximum absolute atomic E-state index is 2.39. The van der Waals surface area contributed by atoms with Crippen molar-refractivity contribution in [3.8, 4) is 0 Å². The SMILES string of the molecule is CC1CCC(SCC(C)(C)C)C1. The van der Waals surface area contributed by atoms with Crippen molar-refractivity contribution in [1.82, 2.24) is 0 Å². The van der Waals surface area contributed by atoms with Gasteiger partial charge in [0.2, 0.25) is 0 Å². The number of rotatable bonds is 2. The van der Waals surface area contributed by atoms with Crippen molar-refractivity contribution in [3.05, 3.63) is 0 Å². The van der Waals surface area contributed by atoms with Crippen LogP contribution in [0, 0.1) is 11.3 Å². The van der Waals surface area contributed by atoms with Gasteiger partial charge in [-0.15, -0.1) is 0 Å². The summed E-state index contributed by atoms with van der Waals surface area (Å²) in [6.45, 7) is 9.38. The lowest BCUT2D eigenvalue weighted by Crippen LogP contribution is -2.11. The molecule has 1 heteroatoms. The van der Waals surface area contributed by atoms with Crippen molar-refractivity contribution in [2.24, 2.45) is 11.3 Å². The lowest BCUT2D eigenvalue weighted by atomic mass is 10.0. The summed E-state index contributed by atoms with van der Waals surface area (Å²) in [7, 11) is 0. The van der Waals surface area contributed by atoms with Crippen LogP contribution in [0.5, 0.6) is 0 Å². The molecule has 1 aliphatic rings. The van der Waals surface area contributed by atoms with Crippen molar-refractivity contribution < 1.29 is 0 Å². The summed E-state index contributed by atoms with van der Waals surface area (Å²) in [5, 5.41) is 0.972. The van der Waals surface area contributed by atoms with E-state index < -0.39 is 0 Å².